The lowest BCUT2D eigenvalue weighted by Crippen LogP contribution is -2.27. The quantitative estimate of drug-likeness (QED) is 0.766. The van der Waals surface area contributed by atoms with Gasteiger partial charge in [0, 0.05) is 12.1 Å². The van der Waals surface area contributed by atoms with E-state index in [1.165, 1.54) is 0 Å². The highest BCUT2D eigenvalue weighted by atomic mass is 16.5. The standard InChI is InChI=1S/C17H19NO3/c19-11-13-21-12-10-18-17(20)16-8-6-15(7-9-16)14-4-2-1-3-5-14/h1-9,19H,10-13H2,(H,18,20). The zero-order valence-electron chi connectivity index (χ0n) is 11.8. The van der Waals surface area contributed by atoms with E-state index in [9.17, 15) is 4.79 Å². The Balaban J connectivity index is 1.88. The summed E-state index contributed by atoms with van der Waals surface area (Å²) in [5.74, 6) is -0.123. The Kier molecular flexibility index (Phi) is 5.94. The number of aliphatic hydroxyl groups excluding tert-OH is 1. The largest absolute Gasteiger partial charge is 0.394 e. The van der Waals surface area contributed by atoms with Crippen molar-refractivity contribution in [2.75, 3.05) is 26.4 Å². The van der Waals surface area contributed by atoms with Crippen LogP contribution in [0, 0.1) is 0 Å². The van der Waals surface area contributed by atoms with Crippen LogP contribution >= 0.6 is 0 Å². The van der Waals surface area contributed by atoms with E-state index in [0.717, 1.165) is 11.1 Å². The minimum absolute atomic E-state index is 0.00506. The molecule has 110 valence electrons. The maximum Gasteiger partial charge on any atom is 0.251 e. The molecule has 1 amide bonds. The van der Waals surface area contributed by atoms with Crippen molar-refractivity contribution in [1.29, 1.82) is 0 Å². The number of amides is 1. The van der Waals surface area contributed by atoms with Crippen molar-refractivity contribution in [3.05, 3.63) is 60.2 Å². The van der Waals surface area contributed by atoms with Gasteiger partial charge >= 0.3 is 0 Å². The van der Waals surface area contributed by atoms with Crippen LogP contribution in [0.15, 0.2) is 54.6 Å². The maximum absolute atomic E-state index is 11.9. The van der Waals surface area contributed by atoms with Crippen LogP contribution in [0.4, 0.5) is 0 Å². The number of ether oxygens (including phenoxy) is 1. The minimum Gasteiger partial charge on any atom is -0.394 e. The summed E-state index contributed by atoms with van der Waals surface area (Å²) in [5, 5.41) is 11.3. The molecule has 0 saturated heterocycles. The van der Waals surface area contributed by atoms with Gasteiger partial charge in [0.2, 0.25) is 0 Å². The first-order valence-electron chi connectivity index (χ1n) is 6.93. The smallest absolute Gasteiger partial charge is 0.251 e. The fourth-order valence-electron chi connectivity index (χ4n) is 1.95. The number of aliphatic hydroxyl groups is 1. The second-order valence-electron chi connectivity index (χ2n) is 4.54. The van der Waals surface area contributed by atoms with Crippen LogP contribution in [0.5, 0.6) is 0 Å². The van der Waals surface area contributed by atoms with Crippen LogP contribution < -0.4 is 5.32 Å². The number of hydrogen-bond acceptors (Lipinski definition) is 3. The normalized spacial score (nSPS) is 10.3. The first kappa shape index (κ1) is 15.2. The second-order valence-corrected chi connectivity index (χ2v) is 4.54. The molecule has 2 N–H and O–H groups in total. The number of hydrogen-bond donors (Lipinski definition) is 2. The summed E-state index contributed by atoms with van der Waals surface area (Å²) in [6.07, 6.45) is 0. The fourth-order valence-corrected chi connectivity index (χ4v) is 1.95. The lowest BCUT2D eigenvalue weighted by Gasteiger charge is -2.07. The molecule has 0 aromatic heterocycles. The van der Waals surface area contributed by atoms with Crippen molar-refractivity contribution >= 4 is 5.91 Å². The van der Waals surface area contributed by atoms with Crippen molar-refractivity contribution in [3.63, 3.8) is 0 Å². The third-order valence-corrected chi connectivity index (χ3v) is 3.02. The molecule has 0 bridgehead atoms. The summed E-state index contributed by atoms with van der Waals surface area (Å²) >= 11 is 0. The summed E-state index contributed by atoms with van der Waals surface area (Å²) in [6.45, 7) is 1.12. The van der Waals surface area contributed by atoms with Crippen molar-refractivity contribution in [1.82, 2.24) is 5.32 Å². The molecule has 4 heteroatoms. The summed E-state index contributed by atoms with van der Waals surface area (Å²) in [7, 11) is 0. The molecular weight excluding hydrogens is 266 g/mol. The second kappa shape index (κ2) is 8.19. The number of nitrogens with one attached hydrogen (secondary N) is 1. The van der Waals surface area contributed by atoms with Gasteiger partial charge in [-0.05, 0) is 23.3 Å². The lowest BCUT2D eigenvalue weighted by molar-refractivity contribution is 0.0838. The van der Waals surface area contributed by atoms with E-state index in [1.54, 1.807) is 0 Å². The molecular formula is C17H19NO3. The third-order valence-electron chi connectivity index (χ3n) is 3.02. The highest BCUT2D eigenvalue weighted by Crippen LogP contribution is 2.19. The van der Waals surface area contributed by atoms with E-state index in [4.69, 9.17) is 9.84 Å². The molecule has 0 unspecified atom stereocenters. The SMILES string of the molecule is O=C(NCCOCCO)c1ccc(-c2ccccc2)cc1. The van der Waals surface area contributed by atoms with Gasteiger partial charge in [0.15, 0.2) is 0 Å². The van der Waals surface area contributed by atoms with Gasteiger partial charge in [-0.2, -0.15) is 0 Å². The fraction of sp³-hybridized carbons (Fsp3) is 0.235. The first-order chi connectivity index (χ1) is 10.3. The molecule has 0 heterocycles. The van der Waals surface area contributed by atoms with Crippen LogP contribution in [0.25, 0.3) is 11.1 Å². The van der Waals surface area contributed by atoms with Gasteiger partial charge in [-0.3, -0.25) is 4.79 Å². The van der Waals surface area contributed by atoms with E-state index < -0.39 is 0 Å². The molecule has 21 heavy (non-hydrogen) atoms. The monoisotopic (exact) mass is 285 g/mol. The van der Waals surface area contributed by atoms with Crippen LogP contribution in [0.2, 0.25) is 0 Å². The molecule has 0 fully saturated rings. The summed E-state index contributed by atoms with van der Waals surface area (Å²) < 4.78 is 5.08. The van der Waals surface area contributed by atoms with E-state index in [-0.39, 0.29) is 12.5 Å². The highest BCUT2D eigenvalue weighted by molar-refractivity contribution is 5.94. The highest BCUT2D eigenvalue weighted by Gasteiger charge is 2.05. The predicted molar refractivity (Wildman–Crippen MR) is 82.1 cm³/mol. The van der Waals surface area contributed by atoms with Crippen molar-refractivity contribution in [2.45, 2.75) is 0 Å². The molecule has 0 aliphatic rings. The van der Waals surface area contributed by atoms with Crippen LogP contribution in [-0.4, -0.2) is 37.4 Å². The van der Waals surface area contributed by atoms with Gasteiger partial charge in [0.25, 0.3) is 5.91 Å². The van der Waals surface area contributed by atoms with Crippen molar-refractivity contribution < 1.29 is 14.6 Å². The maximum atomic E-state index is 11.9. The Labute approximate surface area is 124 Å². The van der Waals surface area contributed by atoms with Gasteiger partial charge in [-0.1, -0.05) is 42.5 Å². The number of carbonyl (C=O) groups is 1. The Morgan fingerprint density at radius 1 is 0.952 bits per heavy atom. The Bertz CT molecular complexity index is 552. The lowest BCUT2D eigenvalue weighted by atomic mass is 10.0. The topological polar surface area (TPSA) is 58.6 Å². The molecule has 2 rings (SSSR count). The Hall–Kier alpha value is -2.17. The van der Waals surface area contributed by atoms with E-state index >= 15 is 0 Å². The molecule has 0 saturated carbocycles. The van der Waals surface area contributed by atoms with E-state index in [1.807, 2.05) is 54.6 Å². The molecule has 0 radical (unpaired) electrons. The van der Waals surface area contributed by atoms with Gasteiger partial charge in [-0.25, -0.2) is 0 Å². The van der Waals surface area contributed by atoms with Gasteiger partial charge in [0.1, 0.15) is 0 Å². The average molecular weight is 285 g/mol. The number of benzene rings is 2. The molecule has 0 aliphatic carbocycles. The third kappa shape index (κ3) is 4.70. The van der Waals surface area contributed by atoms with Gasteiger partial charge < -0.3 is 15.2 Å². The van der Waals surface area contributed by atoms with E-state index in [0.29, 0.717) is 25.3 Å². The summed E-state index contributed by atoms with van der Waals surface area (Å²) in [6, 6.07) is 17.5. The molecule has 2 aromatic carbocycles. The van der Waals surface area contributed by atoms with Crippen molar-refractivity contribution in [3.8, 4) is 11.1 Å². The number of carbonyl (C=O) groups excluding carboxylic acids is 1. The molecule has 0 aliphatic heterocycles. The minimum atomic E-state index is -0.123. The van der Waals surface area contributed by atoms with Crippen molar-refractivity contribution in [2.24, 2.45) is 0 Å². The van der Waals surface area contributed by atoms with E-state index in [2.05, 4.69) is 5.32 Å². The Morgan fingerprint density at radius 2 is 1.62 bits per heavy atom. The van der Waals surface area contributed by atoms with Gasteiger partial charge in [0.05, 0.1) is 19.8 Å². The van der Waals surface area contributed by atoms with Crippen LogP contribution in [0.3, 0.4) is 0 Å². The van der Waals surface area contributed by atoms with Crippen LogP contribution in [0.1, 0.15) is 10.4 Å². The molecule has 2 aromatic rings. The average Bonchev–Trinajstić information content (AvgIpc) is 2.55. The molecule has 0 spiro atoms. The predicted octanol–water partition coefficient (Wildman–Crippen LogP) is 2.09. The van der Waals surface area contributed by atoms with Gasteiger partial charge in [-0.15, -0.1) is 0 Å². The summed E-state index contributed by atoms with van der Waals surface area (Å²) in [4.78, 5) is 11.9. The van der Waals surface area contributed by atoms with Crippen LogP contribution in [-0.2, 0) is 4.74 Å². The zero-order valence-corrected chi connectivity index (χ0v) is 11.8. The molecule has 4 nitrogen and oxygen atoms in total. The first-order valence-corrected chi connectivity index (χ1v) is 6.93. The number of rotatable bonds is 7. The molecule has 0 atom stereocenters. The Morgan fingerprint density at radius 3 is 2.29 bits per heavy atom. The summed E-state index contributed by atoms with van der Waals surface area (Å²) in [5.41, 5.74) is 2.83. The zero-order chi connectivity index (χ0) is 14.9.